The van der Waals surface area contributed by atoms with Crippen molar-refractivity contribution in [3.63, 3.8) is 0 Å². The lowest BCUT2D eigenvalue weighted by atomic mass is 10.0. The monoisotopic (exact) mass is 468 g/mol. The molecule has 0 saturated heterocycles. The summed E-state index contributed by atoms with van der Waals surface area (Å²) in [7, 11) is 3.26. The fourth-order valence-electron chi connectivity index (χ4n) is 3.74. The van der Waals surface area contributed by atoms with E-state index in [9.17, 15) is 4.79 Å². The first-order valence-electron chi connectivity index (χ1n) is 11.4. The van der Waals surface area contributed by atoms with Gasteiger partial charge in [-0.3, -0.25) is 0 Å². The molecule has 3 aromatic carbocycles. The Kier molecular flexibility index (Phi) is 7.31. The van der Waals surface area contributed by atoms with Crippen LogP contribution in [-0.4, -0.2) is 36.6 Å². The molecule has 1 aromatic heterocycles. The maximum atomic E-state index is 12.5. The SMILES string of the molecule is CCOC(=O)/C=C(/c1ccc(OC)cc1)c1cc(-c2ccc(C)cc2)n(-c2ccc(OC)cc2)n1. The smallest absolute Gasteiger partial charge is 0.331 e. The zero-order valence-electron chi connectivity index (χ0n) is 20.3. The summed E-state index contributed by atoms with van der Waals surface area (Å²) in [6, 6.07) is 25.5. The van der Waals surface area contributed by atoms with E-state index in [4.69, 9.17) is 19.3 Å². The molecule has 0 aliphatic heterocycles. The van der Waals surface area contributed by atoms with Crippen molar-refractivity contribution in [2.75, 3.05) is 20.8 Å². The van der Waals surface area contributed by atoms with Crippen LogP contribution in [0.2, 0.25) is 0 Å². The highest BCUT2D eigenvalue weighted by molar-refractivity contribution is 5.96. The van der Waals surface area contributed by atoms with E-state index in [1.807, 2.05) is 59.3 Å². The fraction of sp³-hybridized carbons (Fsp3) is 0.172. The summed E-state index contributed by atoms with van der Waals surface area (Å²) in [5.41, 5.74) is 6.09. The second-order valence-electron chi connectivity index (χ2n) is 7.93. The number of esters is 1. The van der Waals surface area contributed by atoms with E-state index >= 15 is 0 Å². The number of carbonyl (C=O) groups excluding carboxylic acids is 1. The van der Waals surface area contributed by atoms with Gasteiger partial charge in [0.05, 0.1) is 37.9 Å². The van der Waals surface area contributed by atoms with Gasteiger partial charge in [0.25, 0.3) is 0 Å². The summed E-state index contributed by atoms with van der Waals surface area (Å²) < 4.78 is 17.7. The number of ether oxygens (including phenoxy) is 3. The molecule has 0 saturated carbocycles. The first-order chi connectivity index (χ1) is 17.0. The Bertz CT molecular complexity index is 1320. The van der Waals surface area contributed by atoms with E-state index < -0.39 is 5.97 Å². The molecule has 0 bridgehead atoms. The van der Waals surface area contributed by atoms with Crippen molar-refractivity contribution in [1.29, 1.82) is 0 Å². The topological polar surface area (TPSA) is 62.6 Å². The Morgan fingerprint density at radius 1 is 0.886 bits per heavy atom. The van der Waals surface area contributed by atoms with Crippen LogP contribution in [0.1, 0.15) is 23.7 Å². The van der Waals surface area contributed by atoms with Crippen LogP contribution < -0.4 is 9.47 Å². The molecule has 0 aliphatic rings. The number of benzene rings is 3. The lowest BCUT2D eigenvalue weighted by Gasteiger charge is -2.09. The summed E-state index contributed by atoms with van der Waals surface area (Å²) >= 11 is 0. The summed E-state index contributed by atoms with van der Waals surface area (Å²) in [4.78, 5) is 12.5. The van der Waals surface area contributed by atoms with Crippen molar-refractivity contribution in [2.24, 2.45) is 0 Å². The van der Waals surface area contributed by atoms with Gasteiger partial charge >= 0.3 is 5.97 Å². The van der Waals surface area contributed by atoms with Crippen molar-refractivity contribution >= 4 is 11.5 Å². The predicted molar refractivity (Wildman–Crippen MR) is 137 cm³/mol. The molecule has 0 atom stereocenters. The molecule has 0 aliphatic carbocycles. The van der Waals surface area contributed by atoms with E-state index in [0.717, 1.165) is 34.0 Å². The molecular weight excluding hydrogens is 440 g/mol. The highest BCUT2D eigenvalue weighted by atomic mass is 16.5. The number of hydrogen-bond acceptors (Lipinski definition) is 5. The second-order valence-corrected chi connectivity index (χ2v) is 7.93. The zero-order chi connectivity index (χ0) is 24.8. The first kappa shape index (κ1) is 23.8. The minimum atomic E-state index is -0.422. The number of carbonyl (C=O) groups is 1. The van der Waals surface area contributed by atoms with Crippen molar-refractivity contribution in [2.45, 2.75) is 13.8 Å². The van der Waals surface area contributed by atoms with E-state index in [1.54, 1.807) is 21.1 Å². The van der Waals surface area contributed by atoms with Gasteiger partial charge < -0.3 is 14.2 Å². The van der Waals surface area contributed by atoms with Gasteiger partial charge in [0, 0.05) is 17.2 Å². The Balaban J connectivity index is 1.89. The molecule has 35 heavy (non-hydrogen) atoms. The van der Waals surface area contributed by atoms with Crippen molar-refractivity contribution < 1.29 is 19.0 Å². The van der Waals surface area contributed by atoms with Crippen molar-refractivity contribution in [3.8, 4) is 28.4 Å². The number of hydrogen-bond donors (Lipinski definition) is 0. The number of nitrogens with zero attached hydrogens (tertiary/aromatic N) is 2. The van der Waals surface area contributed by atoms with Crippen molar-refractivity contribution in [3.05, 3.63) is 102 Å². The standard InChI is InChI=1S/C29H28N2O4/c1-5-35-29(32)18-26(21-10-14-24(33-3)15-11-21)27-19-28(22-8-6-20(2)7-9-22)31(30-27)23-12-16-25(34-4)17-13-23/h6-19H,5H2,1-4H3/b26-18-. The number of aromatic nitrogens is 2. The maximum absolute atomic E-state index is 12.5. The highest BCUT2D eigenvalue weighted by Crippen LogP contribution is 2.31. The third-order valence-corrected chi connectivity index (χ3v) is 5.60. The van der Waals surface area contributed by atoms with Gasteiger partial charge in [0.2, 0.25) is 0 Å². The predicted octanol–water partition coefficient (Wildman–Crippen LogP) is 5.86. The molecule has 0 N–H and O–H groups in total. The summed E-state index contributed by atoms with van der Waals surface area (Å²) in [5.74, 6) is 1.07. The van der Waals surface area contributed by atoms with Crippen LogP contribution in [0.15, 0.2) is 84.9 Å². The minimum absolute atomic E-state index is 0.292. The van der Waals surface area contributed by atoms with E-state index in [-0.39, 0.29) is 0 Å². The van der Waals surface area contributed by atoms with Gasteiger partial charge in [-0.25, -0.2) is 9.48 Å². The molecule has 0 spiro atoms. The Morgan fingerprint density at radius 2 is 1.49 bits per heavy atom. The minimum Gasteiger partial charge on any atom is -0.497 e. The van der Waals surface area contributed by atoms with Crippen LogP contribution in [-0.2, 0) is 9.53 Å². The van der Waals surface area contributed by atoms with Crippen molar-refractivity contribution in [1.82, 2.24) is 9.78 Å². The average Bonchev–Trinajstić information content (AvgIpc) is 3.33. The Morgan fingerprint density at radius 3 is 2.06 bits per heavy atom. The lowest BCUT2D eigenvalue weighted by molar-refractivity contribution is -0.137. The number of methoxy groups -OCH3 is 2. The molecular formula is C29H28N2O4. The normalized spacial score (nSPS) is 11.3. The molecule has 4 rings (SSSR count). The summed E-state index contributed by atoms with van der Waals surface area (Å²) in [6.07, 6.45) is 1.49. The van der Waals surface area contributed by atoms with Crippen LogP contribution in [0.4, 0.5) is 0 Å². The molecule has 0 unspecified atom stereocenters. The van der Waals surface area contributed by atoms with Crippen LogP contribution in [0.5, 0.6) is 11.5 Å². The molecule has 4 aromatic rings. The highest BCUT2D eigenvalue weighted by Gasteiger charge is 2.18. The summed E-state index contributed by atoms with van der Waals surface area (Å²) in [6.45, 7) is 4.13. The molecule has 0 radical (unpaired) electrons. The van der Waals surface area contributed by atoms with Gasteiger partial charge in [-0.2, -0.15) is 5.10 Å². The molecule has 178 valence electrons. The fourth-order valence-corrected chi connectivity index (χ4v) is 3.74. The molecule has 6 nitrogen and oxygen atoms in total. The zero-order valence-corrected chi connectivity index (χ0v) is 20.3. The number of aryl methyl sites for hydroxylation is 1. The maximum Gasteiger partial charge on any atom is 0.331 e. The van der Waals surface area contributed by atoms with Gasteiger partial charge in [0.15, 0.2) is 0 Å². The third kappa shape index (κ3) is 5.44. The Hall–Kier alpha value is -4.32. The van der Waals surface area contributed by atoms with Gasteiger partial charge in [-0.15, -0.1) is 0 Å². The van der Waals surface area contributed by atoms with Crippen LogP contribution in [0, 0.1) is 6.92 Å². The van der Waals surface area contributed by atoms with Gasteiger partial charge in [-0.1, -0.05) is 42.0 Å². The molecule has 6 heteroatoms. The van der Waals surface area contributed by atoms with Crippen LogP contribution in [0.25, 0.3) is 22.5 Å². The van der Waals surface area contributed by atoms with E-state index in [1.165, 1.54) is 11.6 Å². The van der Waals surface area contributed by atoms with Crippen LogP contribution in [0.3, 0.4) is 0 Å². The van der Waals surface area contributed by atoms with E-state index in [2.05, 4.69) is 31.2 Å². The second kappa shape index (κ2) is 10.7. The Labute approximate surface area is 205 Å². The largest absolute Gasteiger partial charge is 0.497 e. The average molecular weight is 469 g/mol. The summed E-state index contributed by atoms with van der Waals surface area (Å²) in [5, 5.41) is 4.94. The first-order valence-corrected chi connectivity index (χ1v) is 11.4. The van der Waals surface area contributed by atoms with Gasteiger partial charge in [0.1, 0.15) is 11.5 Å². The molecule has 0 amide bonds. The number of rotatable bonds is 8. The third-order valence-electron chi connectivity index (χ3n) is 5.60. The lowest BCUT2D eigenvalue weighted by Crippen LogP contribution is -2.03. The quantitative estimate of drug-likeness (QED) is 0.239. The van der Waals surface area contributed by atoms with Crippen LogP contribution >= 0.6 is 0 Å². The molecule has 1 heterocycles. The van der Waals surface area contributed by atoms with E-state index in [0.29, 0.717) is 17.9 Å². The molecule has 0 fully saturated rings. The van der Waals surface area contributed by atoms with Gasteiger partial charge in [-0.05, 0) is 61.9 Å².